The summed E-state index contributed by atoms with van der Waals surface area (Å²) in [5.74, 6) is 0. The van der Waals surface area contributed by atoms with Crippen molar-refractivity contribution >= 4 is 21.4 Å². The molecule has 0 radical (unpaired) electrons. The molecular formula is C16H23N5O2S. The Balaban J connectivity index is 1.50. The highest BCUT2D eigenvalue weighted by atomic mass is 32.1. The fourth-order valence-corrected chi connectivity index (χ4v) is 4.72. The van der Waals surface area contributed by atoms with Crippen molar-refractivity contribution in [2.75, 3.05) is 31.1 Å². The van der Waals surface area contributed by atoms with E-state index in [1.54, 1.807) is 6.07 Å². The smallest absolute Gasteiger partial charge is 0.275 e. The summed E-state index contributed by atoms with van der Waals surface area (Å²) in [4.78, 5) is 21.9. The van der Waals surface area contributed by atoms with E-state index in [-0.39, 0.29) is 11.7 Å². The molecule has 7 nitrogen and oxygen atoms in total. The minimum absolute atomic E-state index is 0.105. The molecule has 1 aliphatic heterocycles. The predicted octanol–water partition coefficient (Wildman–Crippen LogP) is 0.749. The quantitative estimate of drug-likeness (QED) is 0.881. The number of aromatic nitrogens is 3. The Kier molecular flexibility index (Phi) is 4.28. The van der Waals surface area contributed by atoms with E-state index in [2.05, 4.69) is 19.9 Å². The van der Waals surface area contributed by atoms with Gasteiger partial charge in [-0.25, -0.2) is 4.98 Å². The van der Waals surface area contributed by atoms with Gasteiger partial charge in [-0.3, -0.25) is 9.69 Å². The number of rotatable bonds is 3. The summed E-state index contributed by atoms with van der Waals surface area (Å²) in [6, 6.07) is 1.88. The Morgan fingerprint density at radius 2 is 2.08 bits per heavy atom. The first-order valence-corrected chi connectivity index (χ1v) is 9.54. The van der Waals surface area contributed by atoms with Crippen molar-refractivity contribution in [2.24, 2.45) is 0 Å². The minimum Gasteiger partial charge on any atom is -0.391 e. The van der Waals surface area contributed by atoms with Crippen LogP contribution in [0.15, 0.2) is 10.9 Å². The van der Waals surface area contributed by atoms with Crippen LogP contribution >= 0.6 is 11.3 Å². The Labute approximate surface area is 144 Å². The van der Waals surface area contributed by atoms with Gasteiger partial charge >= 0.3 is 0 Å². The highest BCUT2D eigenvalue weighted by molar-refractivity contribution is 7.20. The SMILES string of the molecule is CCc1cc(=O)n2nc(N3CCN([C@H]4CCC[C@H]4O)CC3)sc2n1. The second kappa shape index (κ2) is 6.42. The van der Waals surface area contributed by atoms with Crippen LogP contribution < -0.4 is 10.5 Å². The fourth-order valence-electron chi connectivity index (χ4n) is 3.75. The van der Waals surface area contributed by atoms with Crippen molar-refractivity contribution in [1.29, 1.82) is 0 Å². The second-order valence-corrected chi connectivity index (χ2v) is 7.54. The Morgan fingerprint density at radius 1 is 1.29 bits per heavy atom. The Bertz CT molecular complexity index is 780. The monoisotopic (exact) mass is 349 g/mol. The summed E-state index contributed by atoms with van der Waals surface area (Å²) in [5.41, 5.74) is 0.710. The van der Waals surface area contributed by atoms with Gasteiger partial charge in [0.15, 0.2) is 0 Å². The normalized spacial score (nSPS) is 25.7. The second-order valence-electron chi connectivity index (χ2n) is 6.61. The molecule has 2 aromatic heterocycles. The predicted molar refractivity (Wildman–Crippen MR) is 93.9 cm³/mol. The summed E-state index contributed by atoms with van der Waals surface area (Å²) >= 11 is 1.48. The number of aliphatic hydroxyl groups excluding tert-OH is 1. The molecule has 0 bridgehead atoms. The number of nitrogens with zero attached hydrogens (tertiary/aromatic N) is 5. The van der Waals surface area contributed by atoms with Gasteiger partial charge in [0.1, 0.15) is 0 Å². The molecule has 4 rings (SSSR count). The summed E-state index contributed by atoms with van der Waals surface area (Å²) in [6.07, 6.45) is 3.73. The lowest BCUT2D eigenvalue weighted by atomic mass is 10.1. The van der Waals surface area contributed by atoms with Crippen LogP contribution in [0.1, 0.15) is 31.9 Å². The zero-order valence-corrected chi connectivity index (χ0v) is 14.7. The van der Waals surface area contributed by atoms with Gasteiger partial charge in [0, 0.05) is 44.0 Å². The number of fused-ring (bicyclic) bond motifs is 1. The third-order valence-electron chi connectivity index (χ3n) is 5.15. The molecule has 0 aromatic carbocycles. The number of hydrogen-bond donors (Lipinski definition) is 1. The molecule has 24 heavy (non-hydrogen) atoms. The van der Waals surface area contributed by atoms with Crippen molar-refractivity contribution < 1.29 is 5.11 Å². The fraction of sp³-hybridized carbons (Fsp3) is 0.688. The van der Waals surface area contributed by atoms with Crippen LogP contribution in [0.25, 0.3) is 4.96 Å². The molecule has 2 aliphatic rings. The highest BCUT2D eigenvalue weighted by Crippen LogP contribution is 2.27. The zero-order chi connectivity index (χ0) is 16.7. The van der Waals surface area contributed by atoms with E-state index in [9.17, 15) is 9.90 Å². The van der Waals surface area contributed by atoms with Crippen LogP contribution in [0, 0.1) is 0 Å². The summed E-state index contributed by atoms with van der Waals surface area (Å²) in [5, 5.41) is 15.4. The minimum atomic E-state index is -0.172. The molecule has 1 aliphatic carbocycles. The third-order valence-corrected chi connectivity index (χ3v) is 6.12. The van der Waals surface area contributed by atoms with Gasteiger partial charge in [-0.2, -0.15) is 4.52 Å². The number of anilines is 1. The van der Waals surface area contributed by atoms with Crippen molar-refractivity contribution in [3.05, 3.63) is 22.1 Å². The average molecular weight is 349 g/mol. The molecule has 8 heteroatoms. The molecule has 1 saturated heterocycles. The number of hydrogen-bond acceptors (Lipinski definition) is 7. The number of aryl methyl sites for hydroxylation is 1. The standard InChI is InChI=1S/C16H23N5O2S/c1-2-11-10-14(23)21-15(17-11)24-16(18-21)20-8-6-19(7-9-20)12-4-3-5-13(12)22/h10,12-13,22H,2-9H2,1H3/t12-,13+/m0/s1. The van der Waals surface area contributed by atoms with Gasteiger partial charge in [0.2, 0.25) is 10.1 Å². The van der Waals surface area contributed by atoms with Gasteiger partial charge in [-0.1, -0.05) is 18.3 Å². The zero-order valence-electron chi connectivity index (χ0n) is 13.9. The summed E-state index contributed by atoms with van der Waals surface area (Å²) in [7, 11) is 0. The van der Waals surface area contributed by atoms with E-state index in [4.69, 9.17) is 0 Å². The van der Waals surface area contributed by atoms with Gasteiger partial charge in [-0.15, -0.1) is 5.10 Å². The van der Waals surface area contributed by atoms with E-state index in [0.717, 1.165) is 62.7 Å². The largest absolute Gasteiger partial charge is 0.391 e. The molecule has 2 aromatic rings. The van der Waals surface area contributed by atoms with Crippen molar-refractivity contribution in [3.8, 4) is 0 Å². The Morgan fingerprint density at radius 3 is 2.75 bits per heavy atom. The third kappa shape index (κ3) is 2.82. The molecular weight excluding hydrogens is 326 g/mol. The molecule has 0 spiro atoms. The molecule has 1 saturated carbocycles. The van der Waals surface area contributed by atoms with Gasteiger partial charge < -0.3 is 10.0 Å². The lowest BCUT2D eigenvalue weighted by Crippen LogP contribution is -2.52. The van der Waals surface area contributed by atoms with E-state index < -0.39 is 0 Å². The van der Waals surface area contributed by atoms with Crippen LogP contribution in [0.2, 0.25) is 0 Å². The topological polar surface area (TPSA) is 74.0 Å². The number of piperazine rings is 1. The van der Waals surface area contributed by atoms with Crippen LogP contribution in [-0.4, -0.2) is 62.9 Å². The van der Waals surface area contributed by atoms with Gasteiger partial charge in [0.05, 0.1) is 6.10 Å². The molecule has 0 amide bonds. The van der Waals surface area contributed by atoms with E-state index >= 15 is 0 Å². The van der Waals surface area contributed by atoms with E-state index in [1.165, 1.54) is 15.9 Å². The van der Waals surface area contributed by atoms with E-state index in [1.807, 2.05) is 6.92 Å². The van der Waals surface area contributed by atoms with Crippen molar-refractivity contribution in [1.82, 2.24) is 19.5 Å². The first kappa shape index (κ1) is 16.0. The maximum Gasteiger partial charge on any atom is 0.275 e. The van der Waals surface area contributed by atoms with Crippen LogP contribution in [0.3, 0.4) is 0 Å². The highest BCUT2D eigenvalue weighted by Gasteiger charge is 2.33. The maximum absolute atomic E-state index is 12.1. The van der Waals surface area contributed by atoms with Gasteiger partial charge in [-0.05, 0) is 25.7 Å². The van der Waals surface area contributed by atoms with Crippen LogP contribution in [0.4, 0.5) is 5.13 Å². The van der Waals surface area contributed by atoms with Crippen molar-refractivity contribution in [2.45, 2.75) is 44.8 Å². The first-order chi connectivity index (χ1) is 11.7. The van der Waals surface area contributed by atoms with Crippen molar-refractivity contribution in [3.63, 3.8) is 0 Å². The summed E-state index contributed by atoms with van der Waals surface area (Å²) in [6.45, 7) is 5.61. The van der Waals surface area contributed by atoms with E-state index in [0.29, 0.717) is 11.0 Å². The van der Waals surface area contributed by atoms with Crippen LogP contribution in [0.5, 0.6) is 0 Å². The molecule has 130 valence electrons. The molecule has 2 fully saturated rings. The lowest BCUT2D eigenvalue weighted by Gasteiger charge is -2.38. The first-order valence-electron chi connectivity index (χ1n) is 8.72. The lowest BCUT2D eigenvalue weighted by molar-refractivity contribution is 0.0671. The molecule has 3 heterocycles. The van der Waals surface area contributed by atoms with Gasteiger partial charge in [0.25, 0.3) is 5.56 Å². The maximum atomic E-state index is 12.1. The molecule has 2 atom stereocenters. The number of aliphatic hydroxyl groups is 1. The van der Waals surface area contributed by atoms with Crippen LogP contribution in [-0.2, 0) is 6.42 Å². The average Bonchev–Trinajstić information content (AvgIpc) is 3.21. The Hall–Kier alpha value is -1.51. The summed E-state index contributed by atoms with van der Waals surface area (Å²) < 4.78 is 1.41. The molecule has 0 unspecified atom stereocenters. The molecule has 1 N–H and O–H groups in total.